The van der Waals surface area contributed by atoms with E-state index in [0.717, 1.165) is 118 Å². The minimum atomic E-state index is -0.981. The first kappa shape index (κ1) is 41.8. The fourth-order valence-electron chi connectivity index (χ4n) is 9.97. The molecule has 1 unspecified atom stereocenters. The third-order valence-corrected chi connectivity index (χ3v) is 14.2. The van der Waals surface area contributed by atoms with Crippen LogP contribution in [0, 0.1) is 5.92 Å². The van der Waals surface area contributed by atoms with Crippen molar-refractivity contribution >= 4 is 46.2 Å². The molecule has 2 atom stereocenters. The van der Waals surface area contributed by atoms with Gasteiger partial charge in [-0.25, -0.2) is 9.97 Å². The van der Waals surface area contributed by atoms with Gasteiger partial charge < -0.3 is 40.4 Å². The molecule has 4 aromatic rings. The van der Waals surface area contributed by atoms with Crippen LogP contribution in [-0.2, 0) is 14.3 Å². The summed E-state index contributed by atoms with van der Waals surface area (Å²) in [7, 11) is 0. The van der Waals surface area contributed by atoms with Crippen LogP contribution in [0.4, 0.5) is 5.82 Å². The van der Waals surface area contributed by atoms with Gasteiger partial charge in [0.15, 0.2) is 0 Å². The number of rotatable bonds is 12. The van der Waals surface area contributed by atoms with Gasteiger partial charge >= 0.3 is 0 Å². The van der Waals surface area contributed by atoms with Crippen molar-refractivity contribution in [1.82, 2.24) is 35.0 Å². The topological polar surface area (TPSA) is 153 Å². The molecule has 0 spiro atoms. The molecular formula is C47H60ClN9O4. The number of ether oxygens (including phenoxy) is 1. The van der Waals surface area contributed by atoms with Crippen molar-refractivity contribution in [2.24, 2.45) is 11.7 Å². The molecule has 324 valence electrons. The predicted molar refractivity (Wildman–Crippen MR) is 236 cm³/mol. The van der Waals surface area contributed by atoms with Gasteiger partial charge in [0.1, 0.15) is 17.8 Å². The lowest BCUT2D eigenvalue weighted by atomic mass is 9.86. The van der Waals surface area contributed by atoms with Crippen LogP contribution in [0.25, 0.3) is 11.0 Å². The first-order valence-electron chi connectivity index (χ1n) is 22.6. The summed E-state index contributed by atoms with van der Waals surface area (Å²) in [6.45, 7) is 6.96. The van der Waals surface area contributed by atoms with Crippen molar-refractivity contribution in [3.63, 3.8) is 0 Å². The Labute approximate surface area is 363 Å². The maximum atomic E-state index is 13.9. The minimum absolute atomic E-state index is 0.0902. The highest BCUT2D eigenvalue weighted by molar-refractivity contribution is 6.30. The number of halogens is 1. The molecule has 4 N–H and O–H groups in total. The summed E-state index contributed by atoms with van der Waals surface area (Å²) in [5.41, 5.74) is 9.61. The molecule has 3 amide bonds. The van der Waals surface area contributed by atoms with Crippen molar-refractivity contribution < 1.29 is 19.1 Å². The van der Waals surface area contributed by atoms with Crippen molar-refractivity contribution in [3.05, 3.63) is 88.8 Å². The molecule has 4 saturated heterocycles. The Kier molecular flexibility index (Phi) is 12.6. The third kappa shape index (κ3) is 9.75. The van der Waals surface area contributed by atoms with Crippen LogP contribution in [0.15, 0.2) is 67.1 Å². The molecule has 14 heteroatoms. The zero-order valence-corrected chi connectivity index (χ0v) is 35.9. The number of aromatic nitrogens is 3. The number of carbonyl (C=O) groups is 3. The van der Waals surface area contributed by atoms with E-state index in [9.17, 15) is 14.4 Å². The number of anilines is 1. The molecule has 2 aromatic heterocycles. The number of nitrogens with one attached hydrogen (secondary N) is 2. The van der Waals surface area contributed by atoms with Gasteiger partial charge in [0.2, 0.25) is 11.8 Å². The summed E-state index contributed by atoms with van der Waals surface area (Å²) in [4.78, 5) is 61.1. The Morgan fingerprint density at radius 3 is 2.34 bits per heavy atom. The number of H-pyrrole nitrogens is 1. The maximum absolute atomic E-state index is 13.9. The van der Waals surface area contributed by atoms with Crippen molar-refractivity contribution in [3.8, 4) is 0 Å². The molecule has 0 bridgehead atoms. The molecule has 6 heterocycles. The van der Waals surface area contributed by atoms with E-state index < -0.39 is 5.54 Å². The third-order valence-electron chi connectivity index (χ3n) is 14.0. The van der Waals surface area contributed by atoms with Crippen molar-refractivity contribution in [2.45, 2.75) is 100 Å². The molecule has 4 aliphatic heterocycles. The average molecular weight is 851 g/mol. The summed E-state index contributed by atoms with van der Waals surface area (Å²) in [5, 5.41) is 4.97. The van der Waals surface area contributed by atoms with E-state index in [1.807, 2.05) is 53.6 Å². The van der Waals surface area contributed by atoms with E-state index in [1.54, 1.807) is 6.33 Å². The van der Waals surface area contributed by atoms with Crippen molar-refractivity contribution in [2.75, 3.05) is 63.8 Å². The van der Waals surface area contributed by atoms with Crippen LogP contribution in [0.2, 0.25) is 5.02 Å². The summed E-state index contributed by atoms with van der Waals surface area (Å²) in [6.07, 6.45) is 13.3. The van der Waals surface area contributed by atoms with Crippen molar-refractivity contribution in [1.29, 1.82) is 0 Å². The predicted octanol–water partition coefficient (Wildman–Crippen LogP) is 6.06. The lowest BCUT2D eigenvalue weighted by Crippen LogP contribution is -2.60. The minimum Gasteiger partial charge on any atom is -0.375 e. The quantitative estimate of drug-likeness (QED) is 0.155. The Balaban J connectivity index is 0.724. The van der Waals surface area contributed by atoms with Crippen LogP contribution >= 0.6 is 11.6 Å². The maximum Gasteiger partial charge on any atom is 0.253 e. The molecule has 5 fully saturated rings. The lowest BCUT2D eigenvalue weighted by Gasteiger charge is -2.40. The number of amides is 3. The van der Waals surface area contributed by atoms with Crippen LogP contribution in [0.3, 0.4) is 0 Å². The van der Waals surface area contributed by atoms with Gasteiger partial charge in [0.05, 0.1) is 29.2 Å². The molecule has 9 rings (SSSR count). The van der Waals surface area contributed by atoms with Gasteiger partial charge in [-0.3, -0.25) is 14.4 Å². The van der Waals surface area contributed by atoms with Gasteiger partial charge in [-0.05, 0) is 112 Å². The smallest absolute Gasteiger partial charge is 0.253 e. The van der Waals surface area contributed by atoms with E-state index in [-0.39, 0.29) is 41.9 Å². The molecule has 1 aliphatic carbocycles. The molecule has 5 aliphatic rings. The average Bonchev–Trinajstić information content (AvgIpc) is 4.04. The van der Waals surface area contributed by atoms with E-state index in [1.165, 1.54) is 5.56 Å². The van der Waals surface area contributed by atoms with Gasteiger partial charge in [0.25, 0.3) is 5.91 Å². The van der Waals surface area contributed by atoms with E-state index in [2.05, 4.69) is 47.1 Å². The second-order valence-corrected chi connectivity index (χ2v) is 18.6. The Morgan fingerprint density at radius 2 is 1.61 bits per heavy atom. The Bertz CT molecular complexity index is 2150. The second-order valence-electron chi connectivity index (χ2n) is 18.1. The monoisotopic (exact) mass is 849 g/mol. The second kappa shape index (κ2) is 18.4. The highest BCUT2D eigenvalue weighted by Gasteiger charge is 2.40. The van der Waals surface area contributed by atoms with Crippen LogP contribution in [-0.4, -0.2) is 124 Å². The van der Waals surface area contributed by atoms with E-state index in [4.69, 9.17) is 22.1 Å². The molecule has 1 saturated carbocycles. The number of nitrogens with zero attached hydrogens (tertiary/aromatic N) is 6. The zero-order chi connectivity index (χ0) is 41.9. The number of hydrogen-bond acceptors (Lipinski definition) is 9. The summed E-state index contributed by atoms with van der Waals surface area (Å²) >= 11 is 6.27. The SMILES string of the molecule is NC1(C(=O)N[C@@H](CCN2CCC(OC3CCN(C(=O)c4cccc(C5CCCN(C(=O)C6CC6)C5)c4)CC3)CC2)c2ccc(Cl)cc2)CCN(c2ncnc3[nH]ccc23)CC1. The summed E-state index contributed by atoms with van der Waals surface area (Å²) in [6, 6.07) is 17.7. The lowest BCUT2D eigenvalue weighted by molar-refractivity contribution is -0.133. The highest BCUT2D eigenvalue weighted by atomic mass is 35.5. The number of fused-ring (bicyclic) bond motifs is 1. The van der Waals surface area contributed by atoms with Gasteiger partial charge in [-0.15, -0.1) is 0 Å². The van der Waals surface area contributed by atoms with E-state index >= 15 is 0 Å². The largest absolute Gasteiger partial charge is 0.375 e. The standard InChI is InChI=1S/C47H60ClN9O4/c48-37-10-8-32(9-11-37)41(53-46(60)47(49)18-27-55(28-19-47)43-40-12-20-50-42(40)51-31-52-43)17-24-54-22-13-38(14-23-54)61-39-15-25-56(26-16-39)45(59)35-4-1-3-34(29-35)36-5-2-21-57(30-36)44(58)33-6-7-33/h1,3-4,8-12,20,29,31,33,36,38-39,41H,2,5-7,13-19,21-28,30,49H2,(H,53,60)(H,50,51,52)/t36?,41-/m0/s1. The number of nitrogens with two attached hydrogens (primary N) is 1. The number of carbonyl (C=O) groups excluding carboxylic acids is 3. The number of aromatic amines is 1. The Morgan fingerprint density at radius 1 is 0.869 bits per heavy atom. The van der Waals surface area contributed by atoms with Gasteiger partial charge in [-0.2, -0.15) is 0 Å². The normalized spacial score (nSPS) is 22.3. The molecule has 61 heavy (non-hydrogen) atoms. The van der Waals surface area contributed by atoms with Crippen LogP contribution in [0.5, 0.6) is 0 Å². The summed E-state index contributed by atoms with van der Waals surface area (Å²) in [5.74, 6) is 1.68. The van der Waals surface area contributed by atoms with Crippen LogP contribution in [0.1, 0.15) is 104 Å². The first-order valence-corrected chi connectivity index (χ1v) is 23.0. The molecular weight excluding hydrogens is 790 g/mol. The van der Waals surface area contributed by atoms with Gasteiger partial charge in [-0.1, -0.05) is 35.9 Å². The number of hydrogen-bond donors (Lipinski definition) is 3. The molecule has 13 nitrogen and oxygen atoms in total. The highest BCUT2D eigenvalue weighted by Crippen LogP contribution is 2.35. The fraction of sp³-hybridized carbons (Fsp3) is 0.553. The fourth-order valence-corrected chi connectivity index (χ4v) is 10.1. The number of piperidine rings is 4. The summed E-state index contributed by atoms with van der Waals surface area (Å²) < 4.78 is 6.66. The van der Waals surface area contributed by atoms with E-state index in [0.29, 0.717) is 50.0 Å². The number of benzene rings is 2. The first-order chi connectivity index (χ1) is 29.7. The molecule has 2 aromatic carbocycles. The van der Waals surface area contributed by atoms with Gasteiger partial charge in [0, 0.05) is 87.5 Å². The zero-order valence-electron chi connectivity index (χ0n) is 35.2. The number of likely N-dealkylation sites (tertiary alicyclic amines) is 3. The Hall–Kier alpha value is -4.56. The molecule has 0 radical (unpaired) electrons. The van der Waals surface area contributed by atoms with Crippen LogP contribution < -0.4 is 16.0 Å².